The largest absolute Gasteiger partial charge is 0.320 e. The minimum Gasteiger partial charge on any atom is -0.320 e. The van der Waals surface area contributed by atoms with Gasteiger partial charge in [-0.25, -0.2) is 0 Å². The number of carbonyl (C=O) groups excluding carboxylic acids is 1. The lowest BCUT2D eigenvalue weighted by atomic mass is 9.86. The number of hydrogen-bond acceptors (Lipinski definition) is 2. The molecule has 0 saturated carbocycles. The molecular formula is C15H19N3O. The zero-order valence-corrected chi connectivity index (χ0v) is 11.8. The molecule has 4 heteroatoms. The number of nitrogens with zero attached hydrogens (tertiary/aromatic N) is 2. The van der Waals surface area contributed by atoms with Crippen LogP contribution in [0.3, 0.4) is 0 Å². The molecule has 2 rings (SSSR count). The minimum atomic E-state index is -0.142. The number of anilines is 1. The van der Waals surface area contributed by atoms with Crippen LogP contribution in [0.25, 0.3) is 0 Å². The van der Waals surface area contributed by atoms with Crippen molar-refractivity contribution in [2.45, 2.75) is 26.2 Å². The van der Waals surface area contributed by atoms with E-state index in [2.05, 4.69) is 31.2 Å². The monoisotopic (exact) mass is 257 g/mol. The van der Waals surface area contributed by atoms with Crippen LogP contribution in [-0.2, 0) is 12.5 Å². The first-order valence-corrected chi connectivity index (χ1v) is 6.28. The van der Waals surface area contributed by atoms with E-state index < -0.39 is 0 Å². The third-order valence-corrected chi connectivity index (χ3v) is 3.04. The Balaban J connectivity index is 2.30. The molecule has 1 N–H and O–H groups in total. The molecule has 0 radical (unpaired) electrons. The van der Waals surface area contributed by atoms with Gasteiger partial charge in [-0.05, 0) is 23.1 Å². The number of amides is 1. The SMILES string of the molecule is Cn1nccc1C(=O)Nc1ccccc1C(C)(C)C. The lowest BCUT2D eigenvalue weighted by molar-refractivity contribution is 0.101. The summed E-state index contributed by atoms with van der Waals surface area (Å²) in [6.45, 7) is 6.38. The van der Waals surface area contributed by atoms with Gasteiger partial charge < -0.3 is 5.32 Å². The molecule has 0 atom stereocenters. The van der Waals surface area contributed by atoms with Crippen molar-refractivity contribution in [3.05, 3.63) is 47.8 Å². The second-order valence-corrected chi connectivity index (χ2v) is 5.59. The van der Waals surface area contributed by atoms with Crippen molar-refractivity contribution in [3.8, 4) is 0 Å². The van der Waals surface area contributed by atoms with E-state index in [4.69, 9.17) is 0 Å². The van der Waals surface area contributed by atoms with Crippen molar-refractivity contribution in [2.75, 3.05) is 5.32 Å². The molecule has 0 aliphatic heterocycles. The molecule has 0 unspecified atom stereocenters. The van der Waals surface area contributed by atoms with Crippen molar-refractivity contribution in [2.24, 2.45) is 7.05 Å². The molecule has 100 valence electrons. The van der Waals surface area contributed by atoms with Gasteiger partial charge in [-0.3, -0.25) is 9.48 Å². The zero-order chi connectivity index (χ0) is 14.0. The van der Waals surface area contributed by atoms with Gasteiger partial charge in [0.1, 0.15) is 5.69 Å². The van der Waals surface area contributed by atoms with Crippen LogP contribution in [-0.4, -0.2) is 15.7 Å². The number of nitrogens with one attached hydrogen (secondary N) is 1. The van der Waals surface area contributed by atoms with Gasteiger partial charge in [0.2, 0.25) is 0 Å². The van der Waals surface area contributed by atoms with Crippen molar-refractivity contribution < 1.29 is 4.79 Å². The van der Waals surface area contributed by atoms with Crippen LogP contribution >= 0.6 is 0 Å². The highest BCUT2D eigenvalue weighted by atomic mass is 16.2. The van der Waals surface area contributed by atoms with Crippen LogP contribution in [0, 0.1) is 0 Å². The van der Waals surface area contributed by atoms with Crippen LogP contribution in [0.2, 0.25) is 0 Å². The Morgan fingerprint density at radius 1 is 1.21 bits per heavy atom. The van der Waals surface area contributed by atoms with Crippen LogP contribution in [0.4, 0.5) is 5.69 Å². The molecule has 4 nitrogen and oxygen atoms in total. The molecule has 0 saturated heterocycles. The Kier molecular flexibility index (Phi) is 3.42. The lowest BCUT2D eigenvalue weighted by Gasteiger charge is -2.22. The summed E-state index contributed by atoms with van der Waals surface area (Å²) in [6, 6.07) is 9.58. The summed E-state index contributed by atoms with van der Waals surface area (Å²) in [5.74, 6) is -0.142. The molecule has 2 aromatic rings. The number of rotatable bonds is 2. The number of carbonyl (C=O) groups is 1. The van der Waals surface area contributed by atoms with Gasteiger partial charge in [0.25, 0.3) is 5.91 Å². The van der Waals surface area contributed by atoms with E-state index >= 15 is 0 Å². The normalized spacial score (nSPS) is 11.4. The molecule has 0 spiro atoms. The van der Waals surface area contributed by atoms with Gasteiger partial charge in [0, 0.05) is 18.9 Å². The van der Waals surface area contributed by atoms with E-state index in [0.29, 0.717) is 5.69 Å². The van der Waals surface area contributed by atoms with Crippen molar-refractivity contribution in [1.82, 2.24) is 9.78 Å². The predicted octanol–water partition coefficient (Wildman–Crippen LogP) is 2.97. The summed E-state index contributed by atoms with van der Waals surface area (Å²) in [5.41, 5.74) is 2.49. The summed E-state index contributed by atoms with van der Waals surface area (Å²) < 4.78 is 1.56. The van der Waals surface area contributed by atoms with E-state index in [1.807, 2.05) is 24.3 Å². The molecule has 0 bridgehead atoms. The summed E-state index contributed by atoms with van der Waals surface area (Å²) in [4.78, 5) is 12.2. The van der Waals surface area contributed by atoms with Crippen molar-refractivity contribution in [1.29, 1.82) is 0 Å². The van der Waals surface area contributed by atoms with Crippen LogP contribution in [0.5, 0.6) is 0 Å². The van der Waals surface area contributed by atoms with Gasteiger partial charge >= 0.3 is 0 Å². The van der Waals surface area contributed by atoms with Crippen LogP contribution in [0.1, 0.15) is 36.8 Å². The highest BCUT2D eigenvalue weighted by Gasteiger charge is 2.19. The Hall–Kier alpha value is -2.10. The van der Waals surface area contributed by atoms with Gasteiger partial charge in [0.05, 0.1) is 0 Å². The second-order valence-electron chi connectivity index (χ2n) is 5.59. The first-order valence-electron chi connectivity index (χ1n) is 6.28. The molecule has 19 heavy (non-hydrogen) atoms. The van der Waals surface area contributed by atoms with E-state index in [-0.39, 0.29) is 11.3 Å². The van der Waals surface area contributed by atoms with Crippen molar-refractivity contribution in [3.63, 3.8) is 0 Å². The summed E-state index contributed by atoms with van der Waals surface area (Å²) >= 11 is 0. The lowest BCUT2D eigenvalue weighted by Crippen LogP contribution is -2.20. The number of benzene rings is 1. The highest BCUT2D eigenvalue weighted by Crippen LogP contribution is 2.29. The summed E-state index contributed by atoms with van der Waals surface area (Å²) in [7, 11) is 1.75. The first kappa shape index (κ1) is 13.3. The molecule has 0 aliphatic carbocycles. The maximum absolute atomic E-state index is 12.2. The number of hydrogen-bond donors (Lipinski definition) is 1. The molecule has 0 fully saturated rings. The Morgan fingerprint density at radius 3 is 2.47 bits per heavy atom. The third kappa shape index (κ3) is 2.84. The number of para-hydroxylation sites is 1. The van der Waals surface area contributed by atoms with Gasteiger partial charge in [-0.15, -0.1) is 0 Å². The van der Waals surface area contributed by atoms with Crippen molar-refractivity contribution >= 4 is 11.6 Å². The Morgan fingerprint density at radius 2 is 1.89 bits per heavy atom. The average Bonchev–Trinajstić information content (AvgIpc) is 2.75. The van der Waals surface area contributed by atoms with E-state index in [9.17, 15) is 4.79 Å². The average molecular weight is 257 g/mol. The predicted molar refractivity (Wildman–Crippen MR) is 76.3 cm³/mol. The van der Waals surface area contributed by atoms with E-state index in [0.717, 1.165) is 11.3 Å². The second kappa shape index (κ2) is 4.88. The highest BCUT2D eigenvalue weighted by molar-refractivity contribution is 6.03. The zero-order valence-electron chi connectivity index (χ0n) is 11.8. The smallest absolute Gasteiger partial charge is 0.273 e. The fourth-order valence-electron chi connectivity index (χ4n) is 2.03. The fraction of sp³-hybridized carbons (Fsp3) is 0.333. The van der Waals surface area contributed by atoms with Gasteiger partial charge in [-0.2, -0.15) is 5.10 Å². The third-order valence-electron chi connectivity index (χ3n) is 3.04. The van der Waals surface area contributed by atoms with E-state index in [1.54, 1.807) is 24.0 Å². The minimum absolute atomic E-state index is 0.0175. The Bertz CT molecular complexity index is 593. The fourth-order valence-corrected chi connectivity index (χ4v) is 2.03. The molecule has 1 amide bonds. The molecular weight excluding hydrogens is 238 g/mol. The van der Waals surface area contributed by atoms with Crippen LogP contribution in [0.15, 0.2) is 36.5 Å². The standard InChI is InChI=1S/C15H19N3O/c1-15(2,3)11-7-5-6-8-12(11)17-14(19)13-9-10-16-18(13)4/h5-10H,1-4H3,(H,17,19). The van der Waals surface area contributed by atoms with Crippen LogP contribution < -0.4 is 5.32 Å². The van der Waals surface area contributed by atoms with E-state index in [1.165, 1.54) is 0 Å². The summed E-state index contributed by atoms with van der Waals surface area (Å²) in [5, 5.41) is 6.97. The molecule has 1 heterocycles. The number of aromatic nitrogens is 2. The molecule has 1 aromatic heterocycles. The molecule has 0 aliphatic rings. The molecule has 1 aromatic carbocycles. The van der Waals surface area contributed by atoms with Gasteiger partial charge in [0.15, 0.2) is 0 Å². The summed E-state index contributed by atoms with van der Waals surface area (Å²) in [6.07, 6.45) is 1.62. The number of aryl methyl sites for hydroxylation is 1. The Labute approximate surface area is 113 Å². The quantitative estimate of drug-likeness (QED) is 0.899. The van der Waals surface area contributed by atoms with Gasteiger partial charge in [-0.1, -0.05) is 39.0 Å². The first-order chi connectivity index (χ1) is 8.89. The topological polar surface area (TPSA) is 46.9 Å². The maximum atomic E-state index is 12.2. The maximum Gasteiger partial charge on any atom is 0.273 e.